The molecule has 102 valence electrons. The second-order valence-electron chi connectivity index (χ2n) is 4.37. The molecule has 1 aromatic carbocycles. The number of nitrogens with one attached hydrogen (secondary N) is 1. The van der Waals surface area contributed by atoms with Crippen LogP contribution in [-0.2, 0) is 4.79 Å². The van der Waals surface area contributed by atoms with E-state index in [4.69, 9.17) is 11.6 Å². The fourth-order valence-electron chi connectivity index (χ4n) is 1.67. The number of carbonyl (C=O) groups excluding carboxylic acids is 1. The number of nitrogens with zero attached hydrogens (tertiary/aromatic N) is 3. The minimum absolute atomic E-state index is 0.126. The summed E-state index contributed by atoms with van der Waals surface area (Å²) in [6, 6.07) is 3.65. The summed E-state index contributed by atoms with van der Waals surface area (Å²) < 4.78 is 8.40. The van der Waals surface area contributed by atoms with Gasteiger partial charge in [0.05, 0.1) is 22.4 Å². The monoisotopic (exact) mass is 298 g/mol. The first-order valence-corrected chi connectivity index (χ1v) is 7.05. The fraction of sp³-hybridized carbons (Fsp3) is 0.417. The smallest absolute Gasteiger partial charge is 0.222 e. The summed E-state index contributed by atoms with van der Waals surface area (Å²) in [6.07, 6.45) is 1.27. The highest BCUT2D eigenvalue weighted by Gasteiger charge is 2.09. The number of anilines is 1. The molecule has 0 radical (unpaired) electrons. The van der Waals surface area contributed by atoms with E-state index in [0.29, 0.717) is 18.0 Å². The van der Waals surface area contributed by atoms with E-state index in [-0.39, 0.29) is 5.91 Å². The van der Waals surface area contributed by atoms with Crippen LogP contribution >= 0.6 is 23.3 Å². The van der Waals surface area contributed by atoms with Crippen LogP contribution in [0, 0.1) is 0 Å². The highest BCUT2D eigenvalue weighted by atomic mass is 35.5. The Balaban J connectivity index is 1.96. The highest BCUT2D eigenvalue weighted by Crippen LogP contribution is 2.29. The normalized spacial score (nSPS) is 10.7. The van der Waals surface area contributed by atoms with Crippen molar-refractivity contribution in [1.29, 1.82) is 0 Å². The molecule has 0 fully saturated rings. The number of rotatable bonds is 5. The van der Waals surface area contributed by atoms with E-state index in [1.54, 1.807) is 25.1 Å². The average molecular weight is 299 g/mol. The van der Waals surface area contributed by atoms with Crippen molar-refractivity contribution in [3.05, 3.63) is 17.2 Å². The molecular weight excluding hydrogens is 284 g/mol. The molecule has 0 unspecified atom stereocenters. The summed E-state index contributed by atoms with van der Waals surface area (Å²) >= 11 is 7.32. The third kappa shape index (κ3) is 3.33. The van der Waals surface area contributed by atoms with Crippen molar-refractivity contribution in [3.8, 4) is 0 Å². The zero-order chi connectivity index (χ0) is 13.8. The molecule has 0 aliphatic rings. The van der Waals surface area contributed by atoms with Gasteiger partial charge in [-0.1, -0.05) is 11.6 Å². The Bertz CT molecular complexity index is 584. The standard InChI is InChI=1S/C12H15ClN4OS/c1-17(2)10(18)4-3-7-14-11-8(13)5-6-9-12(11)16-19-15-9/h5-6,14H,3-4,7H2,1-2H3. The molecular formula is C12H15ClN4OS. The third-order valence-electron chi connectivity index (χ3n) is 2.75. The first-order valence-electron chi connectivity index (χ1n) is 5.94. The van der Waals surface area contributed by atoms with Crippen molar-refractivity contribution >= 4 is 46.0 Å². The average Bonchev–Trinajstić information content (AvgIpc) is 2.84. The molecule has 1 amide bonds. The number of hydrogen-bond donors (Lipinski definition) is 1. The van der Waals surface area contributed by atoms with Crippen LogP contribution in [0.4, 0.5) is 5.69 Å². The Morgan fingerprint density at radius 3 is 2.95 bits per heavy atom. The van der Waals surface area contributed by atoms with Crippen molar-refractivity contribution in [2.75, 3.05) is 26.0 Å². The van der Waals surface area contributed by atoms with E-state index in [9.17, 15) is 4.79 Å². The Morgan fingerprint density at radius 2 is 2.21 bits per heavy atom. The van der Waals surface area contributed by atoms with Crippen LogP contribution in [0.25, 0.3) is 11.0 Å². The SMILES string of the molecule is CN(C)C(=O)CCCNc1c(Cl)ccc2nsnc12. The van der Waals surface area contributed by atoms with Crippen LogP contribution < -0.4 is 5.32 Å². The maximum absolute atomic E-state index is 11.4. The molecule has 2 aromatic rings. The van der Waals surface area contributed by atoms with E-state index < -0.39 is 0 Å². The van der Waals surface area contributed by atoms with E-state index in [1.165, 1.54) is 0 Å². The van der Waals surface area contributed by atoms with E-state index in [0.717, 1.165) is 34.9 Å². The van der Waals surface area contributed by atoms with Crippen LogP contribution in [0.1, 0.15) is 12.8 Å². The molecule has 0 spiro atoms. The predicted octanol–water partition coefficient (Wildman–Crippen LogP) is 2.62. The van der Waals surface area contributed by atoms with Crippen LogP contribution in [0.5, 0.6) is 0 Å². The van der Waals surface area contributed by atoms with Gasteiger partial charge in [-0.15, -0.1) is 0 Å². The lowest BCUT2D eigenvalue weighted by Gasteiger charge is -2.11. The molecule has 2 rings (SSSR count). The molecule has 5 nitrogen and oxygen atoms in total. The zero-order valence-corrected chi connectivity index (χ0v) is 12.4. The Morgan fingerprint density at radius 1 is 1.42 bits per heavy atom. The van der Waals surface area contributed by atoms with Crippen LogP contribution in [-0.4, -0.2) is 40.2 Å². The lowest BCUT2D eigenvalue weighted by atomic mass is 10.2. The second kappa shape index (κ2) is 6.16. The molecule has 7 heteroatoms. The van der Waals surface area contributed by atoms with Gasteiger partial charge in [0, 0.05) is 27.1 Å². The Labute approximate surface area is 120 Å². The molecule has 0 aliphatic carbocycles. The number of hydrogen-bond acceptors (Lipinski definition) is 5. The van der Waals surface area contributed by atoms with Crippen LogP contribution in [0.15, 0.2) is 12.1 Å². The van der Waals surface area contributed by atoms with Gasteiger partial charge in [-0.05, 0) is 18.6 Å². The van der Waals surface area contributed by atoms with E-state index >= 15 is 0 Å². The van der Waals surface area contributed by atoms with Gasteiger partial charge < -0.3 is 10.2 Å². The largest absolute Gasteiger partial charge is 0.382 e. The number of amides is 1. The summed E-state index contributed by atoms with van der Waals surface area (Å²) in [5.74, 6) is 0.126. The number of aromatic nitrogens is 2. The van der Waals surface area contributed by atoms with Gasteiger partial charge in [0.15, 0.2) is 0 Å². The molecule has 0 saturated heterocycles. The lowest BCUT2D eigenvalue weighted by Crippen LogP contribution is -2.22. The molecule has 0 saturated carbocycles. The van der Waals surface area contributed by atoms with E-state index in [1.807, 2.05) is 6.07 Å². The number of benzene rings is 1. The third-order valence-corrected chi connectivity index (χ3v) is 3.60. The maximum Gasteiger partial charge on any atom is 0.222 e. The minimum atomic E-state index is 0.126. The zero-order valence-electron chi connectivity index (χ0n) is 10.8. The van der Waals surface area contributed by atoms with Gasteiger partial charge in [0.1, 0.15) is 11.0 Å². The van der Waals surface area contributed by atoms with E-state index in [2.05, 4.69) is 14.1 Å². The number of fused-ring (bicyclic) bond motifs is 1. The van der Waals surface area contributed by atoms with Gasteiger partial charge in [0.2, 0.25) is 5.91 Å². The minimum Gasteiger partial charge on any atom is -0.382 e. The first kappa shape index (κ1) is 14.0. The predicted molar refractivity (Wildman–Crippen MR) is 78.8 cm³/mol. The van der Waals surface area contributed by atoms with Crippen molar-refractivity contribution in [2.24, 2.45) is 0 Å². The molecule has 0 aliphatic heterocycles. The molecule has 0 bridgehead atoms. The van der Waals surface area contributed by atoms with Crippen molar-refractivity contribution in [3.63, 3.8) is 0 Å². The molecule has 0 atom stereocenters. The number of carbonyl (C=O) groups is 1. The molecule has 1 heterocycles. The first-order chi connectivity index (χ1) is 9.09. The van der Waals surface area contributed by atoms with Crippen molar-refractivity contribution < 1.29 is 4.79 Å². The Hall–Kier alpha value is -1.40. The quantitative estimate of drug-likeness (QED) is 0.862. The highest BCUT2D eigenvalue weighted by molar-refractivity contribution is 7.00. The van der Waals surface area contributed by atoms with Crippen molar-refractivity contribution in [2.45, 2.75) is 12.8 Å². The molecule has 1 aromatic heterocycles. The lowest BCUT2D eigenvalue weighted by molar-refractivity contribution is -0.128. The topological polar surface area (TPSA) is 58.1 Å². The van der Waals surface area contributed by atoms with Gasteiger partial charge in [0.25, 0.3) is 0 Å². The van der Waals surface area contributed by atoms with Gasteiger partial charge >= 0.3 is 0 Å². The summed E-state index contributed by atoms with van der Waals surface area (Å²) in [7, 11) is 3.52. The summed E-state index contributed by atoms with van der Waals surface area (Å²) in [5, 5.41) is 3.86. The molecule has 19 heavy (non-hydrogen) atoms. The summed E-state index contributed by atoms with van der Waals surface area (Å²) in [5.41, 5.74) is 2.42. The molecule has 1 N–H and O–H groups in total. The van der Waals surface area contributed by atoms with Gasteiger partial charge in [-0.3, -0.25) is 4.79 Å². The van der Waals surface area contributed by atoms with Crippen LogP contribution in [0.3, 0.4) is 0 Å². The summed E-state index contributed by atoms with van der Waals surface area (Å²) in [4.78, 5) is 13.0. The van der Waals surface area contributed by atoms with Crippen molar-refractivity contribution in [1.82, 2.24) is 13.6 Å². The second-order valence-corrected chi connectivity index (χ2v) is 5.31. The van der Waals surface area contributed by atoms with Gasteiger partial charge in [-0.2, -0.15) is 8.75 Å². The fourth-order valence-corrected chi connectivity index (χ4v) is 2.43. The number of halogens is 1. The Kier molecular flexibility index (Phi) is 4.55. The summed E-state index contributed by atoms with van der Waals surface area (Å²) in [6.45, 7) is 0.677. The maximum atomic E-state index is 11.4. The van der Waals surface area contributed by atoms with Gasteiger partial charge in [-0.25, -0.2) is 0 Å². The van der Waals surface area contributed by atoms with Crippen LogP contribution in [0.2, 0.25) is 5.02 Å².